The molecule has 0 aromatic carbocycles. The van der Waals surface area contributed by atoms with Crippen LogP contribution < -0.4 is 5.32 Å². The van der Waals surface area contributed by atoms with E-state index in [9.17, 15) is 9.59 Å². The Morgan fingerprint density at radius 2 is 1.95 bits per heavy atom. The van der Waals surface area contributed by atoms with E-state index in [0.717, 1.165) is 5.01 Å². The highest BCUT2D eigenvalue weighted by atomic mass is 32.1. The quantitative estimate of drug-likeness (QED) is 0.881. The smallest absolute Gasteiger partial charge is 0.307 e. The molecule has 0 aliphatic heterocycles. The van der Waals surface area contributed by atoms with Gasteiger partial charge in [0.15, 0.2) is 0 Å². The lowest BCUT2D eigenvalue weighted by Gasteiger charge is -2.01. The van der Waals surface area contributed by atoms with Crippen molar-refractivity contribution in [3.63, 3.8) is 0 Å². The Labute approximate surface area is 115 Å². The molecule has 1 aromatic rings. The van der Waals surface area contributed by atoms with Gasteiger partial charge in [0.25, 0.3) is 0 Å². The van der Waals surface area contributed by atoms with Crippen molar-refractivity contribution in [1.82, 2.24) is 10.2 Å². The van der Waals surface area contributed by atoms with Gasteiger partial charge in [0.1, 0.15) is 5.01 Å². The van der Waals surface area contributed by atoms with Crippen molar-refractivity contribution >= 4 is 28.3 Å². The van der Waals surface area contributed by atoms with Gasteiger partial charge in [0, 0.05) is 5.92 Å². The Morgan fingerprint density at radius 1 is 1.32 bits per heavy atom. The average Bonchev–Trinajstić information content (AvgIpc) is 2.67. The van der Waals surface area contributed by atoms with Gasteiger partial charge in [-0.05, 0) is 5.41 Å². The maximum Gasteiger partial charge on any atom is 0.307 e. The van der Waals surface area contributed by atoms with Crippen LogP contribution in [0.15, 0.2) is 0 Å². The summed E-state index contributed by atoms with van der Waals surface area (Å²) in [5.41, 5.74) is -0.499. The third-order valence-electron chi connectivity index (χ3n) is 3.54. The monoisotopic (exact) mass is 283 g/mol. The topological polar surface area (TPSA) is 92.2 Å². The van der Waals surface area contributed by atoms with Gasteiger partial charge in [0.05, 0.1) is 11.8 Å². The molecule has 6 nitrogen and oxygen atoms in total. The largest absolute Gasteiger partial charge is 0.481 e. The Kier molecular flexibility index (Phi) is 3.34. The predicted octanol–water partition coefficient (Wildman–Crippen LogP) is 1.96. The number of rotatable bonds is 4. The minimum absolute atomic E-state index is 0.257. The minimum atomic E-state index is -0.926. The number of carbonyl (C=O) groups excluding carboxylic acids is 1. The number of aromatic nitrogens is 2. The molecule has 1 saturated carbocycles. The van der Waals surface area contributed by atoms with Gasteiger partial charge < -0.3 is 10.4 Å². The summed E-state index contributed by atoms with van der Waals surface area (Å²) in [5, 5.41) is 20.9. The molecule has 0 spiro atoms. The molecule has 19 heavy (non-hydrogen) atoms. The van der Waals surface area contributed by atoms with Crippen LogP contribution in [0.3, 0.4) is 0 Å². The SMILES string of the molecule is CC(C)c1nnc(NC(=O)C2C(C(=O)O)C2(C)C)s1. The number of carboxylic acid groups (broad SMARTS) is 1. The third-order valence-corrected chi connectivity index (χ3v) is 4.68. The van der Waals surface area contributed by atoms with Crippen LogP contribution in [-0.2, 0) is 9.59 Å². The summed E-state index contributed by atoms with van der Waals surface area (Å²) in [6.07, 6.45) is 0. The first-order valence-corrected chi connectivity index (χ1v) is 6.94. The van der Waals surface area contributed by atoms with Gasteiger partial charge in [-0.2, -0.15) is 0 Å². The summed E-state index contributed by atoms with van der Waals surface area (Å²) in [4.78, 5) is 23.1. The number of nitrogens with zero attached hydrogens (tertiary/aromatic N) is 2. The van der Waals surface area contributed by atoms with E-state index in [1.165, 1.54) is 11.3 Å². The first-order chi connectivity index (χ1) is 8.75. The van der Waals surface area contributed by atoms with Crippen molar-refractivity contribution in [3.05, 3.63) is 5.01 Å². The Bertz CT molecular complexity index is 524. The standard InChI is InChI=1S/C12H17N3O3S/c1-5(2)9-14-15-11(19-9)13-8(16)6-7(10(17)18)12(6,3)4/h5-7H,1-4H3,(H,17,18)(H,13,15,16). The summed E-state index contributed by atoms with van der Waals surface area (Å²) >= 11 is 1.32. The summed E-state index contributed by atoms with van der Waals surface area (Å²) in [5.74, 6) is -2.08. The Morgan fingerprint density at radius 3 is 2.37 bits per heavy atom. The minimum Gasteiger partial charge on any atom is -0.481 e. The second-order valence-corrected chi connectivity index (χ2v) is 6.71. The number of carbonyl (C=O) groups is 2. The van der Waals surface area contributed by atoms with Crippen LogP contribution in [0.4, 0.5) is 5.13 Å². The maximum atomic E-state index is 12.0. The van der Waals surface area contributed by atoms with E-state index in [2.05, 4.69) is 15.5 Å². The van der Waals surface area contributed by atoms with E-state index < -0.39 is 23.2 Å². The molecule has 2 rings (SSSR count). The molecule has 1 heterocycles. The van der Waals surface area contributed by atoms with Crippen LogP contribution in [-0.4, -0.2) is 27.2 Å². The van der Waals surface area contributed by atoms with Gasteiger partial charge in [-0.25, -0.2) is 0 Å². The molecule has 2 atom stereocenters. The molecular formula is C12H17N3O3S. The van der Waals surface area contributed by atoms with Crippen LogP contribution in [0.2, 0.25) is 0 Å². The predicted molar refractivity (Wildman–Crippen MR) is 71.0 cm³/mol. The number of nitrogens with one attached hydrogen (secondary N) is 1. The molecule has 1 amide bonds. The summed E-state index contributed by atoms with van der Waals surface area (Å²) in [6, 6.07) is 0. The number of hydrogen-bond acceptors (Lipinski definition) is 5. The van der Waals surface area contributed by atoms with Crippen LogP contribution >= 0.6 is 11.3 Å². The molecule has 104 valence electrons. The first kappa shape index (κ1) is 13.9. The van der Waals surface area contributed by atoms with Crippen molar-refractivity contribution in [1.29, 1.82) is 0 Å². The van der Waals surface area contributed by atoms with E-state index in [0.29, 0.717) is 5.13 Å². The van der Waals surface area contributed by atoms with E-state index in [1.807, 2.05) is 13.8 Å². The molecule has 2 N–H and O–H groups in total. The normalized spacial score (nSPS) is 24.3. The van der Waals surface area contributed by atoms with Crippen LogP contribution in [0.25, 0.3) is 0 Å². The number of carboxylic acids is 1. The highest BCUT2D eigenvalue weighted by Crippen LogP contribution is 2.58. The van der Waals surface area contributed by atoms with Crippen molar-refractivity contribution < 1.29 is 14.7 Å². The molecule has 1 aliphatic rings. The van der Waals surface area contributed by atoms with E-state index in [1.54, 1.807) is 13.8 Å². The van der Waals surface area contributed by atoms with Crippen LogP contribution in [0.1, 0.15) is 38.6 Å². The molecule has 1 fully saturated rings. The molecule has 7 heteroatoms. The fourth-order valence-electron chi connectivity index (χ4n) is 2.29. The number of amides is 1. The zero-order chi connectivity index (χ0) is 14.4. The van der Waals surface area contributed by atoms with Crippen molar-refractivity contribution in [3.8, 4) is 0 Å². The summed E-state index contributed by atoms with van der Waals surface area (Å²) in [6.45, 7) is 7.57. The molecule has 0 radical (unpaired) electrons. The first-order valence-electron chi connectivity index (χ1n) is 6.12. The van der Waals surface area contributed by atoms with Gasteiger partial charge in [0.2, 0.25) is 11.0 Å². The second-order valence-electron chi connectivity index (χ2n) is 5.70. The number of hydrogen-bond donors (Lipinski definition) is 2. The highest BCUT2D eigenvalue weighted by Gasteiger charge is 2.66. The van der Waals surface area contributed by atoms with E-state index in [-0.39, 0.29) is 11.8 Å². The highest BCUT2D eigenvalue weighted by molar-refractivity contribution is 7.15. The lowest BCUT2D eigenvalue weighted by Crippen LogP contribution is -2.17. The fourth-order valence-corrected chi connectivity index (χ4v) is 3.04. The zero-order valence-corrected chi connectivity index (χ0v) is 12.1. The molecule has 1 aliphatic carbocycles. The van der Waals surface area contributed by atoms with Crippen LogP contribution in [0.5, 0.6) is 0 Å². The van der Waals surface area contributed by atoms with Gasteiger partial charge >= 0.3 is 5.97 Å². The van der Waals surface area contributed by atoms with E-state index in [4.69, 9.17) is 5.11 Å². The van der Waals surface area contributed by atoms with Crippen molar-refractivity contribution in [2.75, 3.05) is 5.32 Å². The lowest BCUT2D eigenvalue weighted by molar-refractivity contribution is -0.140. The summed E-state index contributed by atoms with van der Waals surface area (Å²) in [7, 11) is 0. The van der Waals surface area contributed by atoms with Crippen molar-refractivity contribution in [2.45, 2.75) is 33.6 Å². The number of aliphatic carboxylic acids is 1. The Hall–Kier alpha value is -1.50. The molecule has 0 saturated heterocycles. The molecule has 1 aromatic heterocycles. The average molecular weight is 283 g/mol. The van der Waals surface area contributed by atoms with E-state index >= 15 is 0 Å². The van der Waals surface area contributed by atoms with Gasteiger partial charge in [-0.1, -0.05) is 39.0 Å². The second kappa shape index (κ2) is 4.56. The Balaban J connectivity index is 2.04. The van der Waals surface area contributed by atoms with Gasteiger partial charge in [-0.3, -0.25) is 9.59 Å². The third kappa shape index (κ3) is 2.47. The van der Waals surface area contributed by atoms with Crippen LogP contribution in [0, 0.1) is 17.3 Å². The molecule has 2 unspecified atom stereocenters. The fraction of sp³-hybridized carbons (Fsp3) is 0.667. The zero-order valence-electron chi connectivity index (χ0n) is 11.3. The molecule has 0 bridgehead atoms. The van der Waals surface area contributed by atoms with Crippen molar-refractivity contribution in [2.24, 2.45) is 17.3 Å². The van der Waals surface area contributed by atoms with Gasteiger partial charge in [-0.15, -0.1) is 10.2 Å². The molecular weight excluding hydrogens is 266 g/mol. The number of anilines is 1. The lowest BCUT2D eigenvalue weighted by atomic mass is 10.1. The maximum absolute atomic E-state index is 12.0. The summed E-state index contributed by atoms with van der Waals surface area (Å²) < 4.78 is 0.